The van der Waals surface area contributed by atoms with E-state index in [0.717, 1.165) is 16.6 Å². The number of para-hydroxylation sites is 2. The van der Waals surface area contributed by atoms with E-state index in [1.54, 1.807) is 4.40 Å². The van der Waals surface area contributed by atoms with Gasteiger partial charge in [-0.05, 0) is 37.3 Å². The number of aliphatic carboxylic acids is 1. The van der Waals surface area contributed by atoms with Gasteiger partial charge in [0.25, 0.3) is 0 Å². The highest BCUT2D eigenvalue weighted by atomic mass is 16.4. The number of amides is 1. The molecule has 1 amide bonds. The first kappa shape index (κ1) is 21.2. The quantitative estimate of drug-likeness (QED) is 0.308. The highest BCUT2D eigenvalue weighted by molar-refractivity contribution is 6.02. The van der Waals surface area contributed by atoms with Crippen LogP contribution in [0.5, 0.6) is 0 Å². The number of fused-ring (bicyclic) bond motifs is 6. The summed E-state index contributed by atoms with van der Waals surface area (Å²) in [6.45, 7) is 2.93. The molecule has 0 saturated heterocycles. The van der Waals surface area contributed by atoms with Crippen molar-refractivity contribution in [3.63, 3.8) is 0 Å². The van der Waals surface area contributed by atoms with Gasteiger partial charge in [-0.2, -0.15) is 10.3 Å². The fourth-order valence-electron chi connectivity index (χ4n) is 4.27. The minimum absolute atomic E-state index is 0.0152. The van der Waals surface area contributed by atoms with Crippen LogP contribution < -0.4 is 10.4 Å². The Hall–Kier alpha value is -4.71. The van der Waals surface area contributed by atoms with Crippen LogP contribution in [0.2, 0.25) is 0 Å². The third-order valence-electron chi connectivity index (χ3n) is 5.85. The number of benzene rings is 2. The molecule has 0 unspecified atom stereocenters. The van der Waals surface area contributed by atoms with Crippen molar-refractivity contribution in [1.29, 1.82) is 5.26 Å². The summed E-state index contributed by atoms with van der Waals surface area (Å²) in [7, 11) is 0. The minimum Gasteiger partial charge on any atom is -0.481 e. The number of pyridine rings is 1. The Morgan fingerprint density at radius 3 is 2.85 bits per heavy atom. The average molecular weight is 453 g/mol. The number of aromatic nitrogens is 2. The van der Waals surface area contributed by atoms with E-state index >= 15 is 0 Å². The molecule has 0 atom stereocenters. The molecule has 168 valence electrons. The molecule has 3 heterocycles. The van der Waals surface area contributed by atoms with Crippen molar-refractivity contribution in [1.82, 2.24) is 9.38 Å². The predicted molar refractivity (Wildman–Crippen MR) is 126 cm³/mol. The summed E-state index contributed by atoms with van der Waals surface area (Å²) in [6, 6.07) is 17.1. The van der Waals surface area contributed by atoms with Gasteiger partial charge in [0.1, 0.15) is 17.2 Å². The highest BCUT2D eigenvalue weighted by Gasteiger charge is 2.19. The molecule has 0 aliphatic carbocycles. The summed E-state index contributed by atoms with van der Waals surface area (Å²) in [5.74, 6) is -0.865. The van der Waals surface area contributed by atoms with Crippen molar-refractivity contribution >= 4 is 56.7 Å². The molecule has 0 saturated carbocycles. The van der Waals surface area contributed by atoms with Crippen molar-refractivity contribution < 1.29 is 19.1 Å². The normalized spacial score (nSPS) is 11.9. The van der Waals surface area contributed by atoms with E-state index in [2.05, 4.69) is 11.1 Å². The Balaban J connectivity index is 1.84. The molecule has 9 heteroatoms. The number of carbonyl (C=O) groups is 2. The number of nitriles is 1. The Bertz CT molecular complexity index is 1730. The van der Waals surface area contributed by atoms with Gasteiger partial charge < -0.3 is 14.4 Å². The Morgan fingerprint density at radius 1 is 1.29 bits per heavy atom. The lowest BCUT2D eigenvalue weighted by atomic mass is 10.1. The molecule has 5 aromatic rings. The number of nitrogens with zero attached hydrogens (tertiary/aromatic N) is 5. The van der Waals surface area contributed by atoms with Crippen molar-refractivity contribution in [3.8, 4) is 6.07 Å². The van der Waals surface area contributed by atoms with Crippen molar-refractivity contribution in [2.75, 3.05) is 18.0 Å². The van der Waals surface area contributed by atoms with Crippen LogP contribution >= 0.6 is 0 Å². The fraction of sp³-hybridized carbons (Fsp3) is 0.160. The zero-order valence-electron chi connectivity index (χ0n) is 18.2. The fourth-order valence-corrected chi connectivity index (χ4v) is 4.27. The Morgan fingerprint density at radius 2 is 2.12 bits per heavy atom. The zero-order chi connectivity index (χ0) is 23.8. The summed E-state index contributed by atoms with van der Waals surface area (Å²) < 4.78 is 7.92. The third kappa shape index (κ3) is 3.33. The lowest BCUT2D eigenvalue weighted by Gasteiger charge is -2.22. The van der Waals surface area contributed by atoms with E-state index in [-0.39, 0.29) is 23.1 Å². The van der Waals surface area contributed by atoms with Gasteiger partial charge >= 0.3 is 5.97 Å². The maximum Gasteiger partial charge on any atom is 0.305 e. The highest BCUT2D eigenvalue weighted by Crippen LogP contribution is 2.31. The molecular formula is C25H19N5O4. The molecule has 1 N–H and O–H groups in total. The molecule has 0 radical (unpaired) electrons. The molecule has 0 spiro atoms. The van der Waals surface area contributed by atoms with E-state index in [0.29, 0.717) is 41.6 Å². The molecule has 0 fully saturated rings. The Kier molecular flexibility index (Phi) is 5.18. The largest absolute Gasteiger partial charge is 0.481 e. The van der Waals surface area contributed by atoms with Crippen LogP contribution in [-0.2, 0) is 9.59 Å². The molecule has 0 aliphatic rings. The second-order valence-corrected chi connectivity index (χ2v) is 7.74. The minimum atomic E-state index is -0.865. The maximum absolute atomic E-state index is 11.4. The van der Waals surface area contributed by atoms with Gasteiger partial charge in [0.05, 0.1) is 22.8 Å². The molecule has 34 heavy (non-hydrogen) atoms. The van der Waals surface area contributed by atoms with Crippen LogP contribution in [0.15, 0.2) is 57.9 Å². The van der Waals surface area contributed by atoms with Crippen LogP contribution in [-0.4, -0.2) is 40.0 Å². The summed E-state index contributed by atoms with van der Waals surface area (Å²) in [5.41, 5.74) is 3.85. The molecule has 9 nitrogen and oxygen atoms in total. The number of carbonyl (C=O) groups excluding carboxylic acids is 1. The summed E-state index contributed by atoms with van der Waals surface area (Å²) >= 11 is 0. The number of anilines is 1. The van der Waals surface area contributed by atoms with Crippen molar-refractivity contribution in [2.45, 2.75) is 13.3 Å². The molecule has 3 aromatic heterocycles. The smallest absolute Gasteiger partial charge is 0.305 e. The van der Waals surface area contributed by atoms with Gasteiger partial charge in [-0.3, -0.25) is 14.0 Å². The first-order chi connectivity index (χ1) is 16.5. The number of carboxylic acids is 1. The lowest BCUT2D eigenvalue weighted by molar-refractivity contribution is -0.136. The summed E-state index contributed by atoms with van der Waals surface area (Å²) in [4.78, 5) is 33.0. The van der Waals surface area contributed by atoms with Gasteiger partial charge in [0, 0.05) is 30.2 Å². The summed E-state index contributed by atoms with van der Waals surface area (Å²) in [6.07, 6.45) is 0.415. The van der Waals surface area contributed by atoms with Crippen LogP contribution in [0.25, 0.3) is 38.6 Å². The molecular weight excluding hydrogens is 434 g/mol. The van der Waals surface area contributed by atoms with E-state index in [1.165, 1.54) is 0 Å². The van der Waals surface area contributed by atoms with Crippen molar-refractivity contribution in [2.24, 2.45) is 4.99 Å². The van der Waals surface area contributed by atoms with Gasteiger partial charge in [-0.15, -0.1) is 0 Å². The van der Waals surface area contributed by atoms with Gasteiger partial charge in [0.15, 0.2) is 16.7 Å². The summed E-state index contributed by atoms with van der Waals surface area (Å²) in [5, 5.41) is 20.5. The van der Waals surface area contributed by atoms with E-state index in [1.807, 2.05) is 60.4 Å². The number of hydrogen-bond acceptors (Lipinski definition) is 6. The Labute approximate surface area is 192 Å². The van der Waals surface area contributed by atoms with Crippen LogP contribution in [0, 0.1) is 11.3 Å². The van der Waals surface area contributed by atoms with Crippen LogP contribution in [0.3, 0.4) is 0 Å². The first-order valence-corrected chi connectivity index (χ1v) is 10.7. The standard InChI is InChI=1S/C25H19N5O4/c1-2-29(10-9-22(32)33)16-8-7-15-11-17-23(34-21(15)12-16)18(13-26)24(27-14-31)30-20-6-4-3-5-19(20)28-25(17)30/h3-8,11-12,14H,2,9-10H2,1H3,(H,32,33). The molecule has 0 aliphatic heterocycles. The zero-order valence-corrected chi connectivity index (χ0v) is 18.2. The van der Waals surface area contributed by atoms with Crippen LogP contribution in [0.4, 0.5) is 5.69 Å². The van der Waals surface area contributed by atoms with Gasteiger partial charge in [0.2, 0.25) is 6.41 Å². The van der Waals surface area contributed by atoms with Gasteiger partial charge in [-0.1, -0.05) is 12.1 Å². The SMILES string of the molecule is CCN(CCC(=O)O)c1ccc2cc3c(oc2c1)c(C#N)c(=NC=O)n1c2ccccc2nc31. The predicted octanol–water partition coefficient (Wildman–Crippen LogP) is 3.62. The number of hydrogen-bond donors (Lipinski definition) is 1. The maximum atomic E-state index is 11.4. The molecule has 0 bridgehead atoms. The van der Waals surface area contributed by atoms with Crippen LogP contribution in [0.1, 0.15) is 18.9 Å². The second-order valence-electron chi connectivity index (χ2n) is 7.74. The van der Waals surface area contributed by atoms with Gasteiger partial charge in [-0.25, -0.2) is 4.98 Å². The first-order valence-electron chi connectivity index (χ1n) is 10.7. The topological polar surface area (TPSA) is 124 Å². The van der Waals surface area contributed by atoms with E-state index < -0.39 is 5.97 Å². The van der Waals surface area contributed by atoms with Crippen molar-refractivity contribution in [3.05, 3.63) is 59.6 Å². The second kappa shape index (κ2) is 8.33. The average Bonchev–Trinajstić information content (AvgIpc) is 3.23. The monoisotopic (exact) mass is 453 g/mol. The number of rotatable bonds is 6. The number of imidazole rings is 1. The molecule has 5 rings (SSSR count). The lowest BCUT2D eigenvalue weighted by Crippen LogP contribution is -2.25. The third-order valence-corrected chi connectivity index (χ3v) is 5.85. The van der Waals surface area contributed by atoms with E-state index in [4.69, 9.17) is 14.5 Å². The number of carboxylic acid groups (broad SMARTS) is 1. The van der Waals surface area contributed by atoms with E-state index in [9.17, 15) is 14.9 Å². The molecule has 2 aromatic carbocycles.